The Hall–Kier alpha value is -2.61. The average Bonchev–Trinajstić information content (AvgIpc) is 2.97. The highest BCUT2D eigenvalue weighted by Crippen LogP contribution is 2.36. The van der Waals surface area contributed by atoms with Crippen LogP contribution in [0, 0.1) is 0 Å². The van der Waals surface area contributed by atoms with Crippen molar-refractivity contribution in [2.45, 2.75) is 31.4 Å². The highest BCUT2D eigenvalue weighted by atomic mass is 16.4. The van der Waals surface area contributed by atoms with Gasteiger partial charge in [0.05, 0.1) is 18.3 Å². The third kappa shape index (κ3) is 3.42. The van der Waals surface area contributed by atoms with Gasteiger partial charge >= 0.3 is 0 Å². The fourth-order valence-electron chi connectivity index (χ4n) is 2.51. The van der Waals surface area contributed by atoms with Crippen molar-refractivity contribution in [3.05, 3.63) is 35.4 Å². The molecule has 0 bridgehead atoms. The fourth-order valence-corrected chi connectivity index (χ4v) is 2.51. The van der Waals surface area contributed by atoms with Crippen LogP contribution in [0.15, 0.2) is 22.6 Å². The lowest BCUT2D eigenvalue weighted by Crippen LogP contribution is -2.27. The number of furan rings is 1. The summed E-state index contributed by atoms with van der Waals surface area (Å²) in [5.74, 6) is 1.60. The van der Waals surface area contributed by atoms with E-state index in [1.54, 1.807) is 19.2 Å². The van der Waals surface area contributed by atoms with Crippen LogP contribution in [0.3, 0.4) is 0 Å². The molecular weight excluding hydrogens is 298 g/mol. The predicted molar refractivity (Wildman–Crippen MR) is 83.9 cm³/mol. The van der Waals surface area contributed by atoms with Gasteiger partial charge in [-0.2, -0.15) is 4.98 Å². The van der Waals surface area contributed by atoms with Crippen LogP contribution in [-0.4, -0.2) is 34.1 Å². The van der Waals surface area contributed by atoms with Gasteiger partial charge in [0.15, 0.2) is 5.76 Å². The van der Waals surface area contributed by atoms with Gasteiger partial charge in [-0.25, -0.2) is 4.98 Å². The quantitative estimate of drug-likeness (QED) is 0.644. The van der Waals surface area contributed by atoms with E-state index in [0.29, 0.717) is 31.0 Å². The molecule has 1 amide bonds. The molecule has 0 spiro atoms. The highest BCUT2D eigenvalue weighted by Gasteiger charge is 2.30. The smallest absolute Gasteiger partial charge is 0.286 e. The van der Waals surface area contributed by atoms with E-state index in [4.69, 9.17) is 10.2 Å². The molecule has 1 aliphatic carbocycles. The molecule has 5 N–H and O–H groups in total. The van der Waals surface area contributed by atoms with E-state index in [1.807, 2.05) is 6.07 Å². The number of aliphatic hydroxyl groups excluding tert-OH is 1. The number of carbonyl (C=O) groups is 1. The van der Waals surface area contributed by atoms with Gasteiger partial charge in [0, 0.05) is 19.0 Å². The van der Waals surface area contributed by atoms with Crippen molar-refractivity contribution in [2.75, 3.05) is 18.1 Å². The summed E-state index contributed by atoms with van der Waals surface area (Å²) in [6, 6.07) is 5.17. The zero-order valence-electron chi connectivity index (χ0n) is 12.7. The minimum Gasteiger partial charge on any atom is -0.454 e. The fraction of sp³-hybridized carbons (Fsp3) is 0.400. The van der Waals surface area contributed by atoms with Crippen LogP contribution in [0.2, 0.25) is 0 Å². The minimum absolute atomic E-state index is 0.192. The Morgan fingerprint density at radius 1 is 1.43 bits per heavy atom. The van der Waals surface area contributed by atoms with Gasteiger partial charge in [0.25, 0.3) is 5.91 Å². The third-order valence-corrected chi connectivity index (χ3v) is 3.85. The standard InChI is InChI=1S/C15H19N5O3/c1-17-14(22)12-3-2-10(23-12)7-18-13-6-11(19-15(16)20-13)8-4-9(21)5-8/h2-3,6,8-9,21H,4-5,7H2,1H3,(H,17,22)(H3,16,18,19,20). The molecule has 3 rings (SSSR count). The second kappa shape index (κ2) is 6.25. The summed E-state index contributed by atoms with van der Waals surface area (Å²) >= 11 is 0. The first-order valence-electron chi connectivity index (χ1n) is 7.42. The van der Waals surface area contributed by atoms with Gasteiger partial charge in [-0.05, 0) is 25.0 Å². The van der Waals surface area contributed by atoms with E-state index >= 15 is 0 Å². The van der Waals surface area contributed by atoms with Gasteiger partial charge < -0.3 is 25.9 Å². The maximum atomic E-state index is 11.4. The number of hydrogen-bond acceptors (Lipinski definition) is 7. The first kappa shape index (κ1) is 15.3. The molecule has 1 aliphatic rings. The summed E-state index contributed by atoms with van der Waals surface area (Å²) in [4.78, 5) is 19.8. The Balaban J connectivity index is 1.66. The number of nitrogen functional groups attached to an aromatic ring is 1. The van der Waals surface area contributed by atoms with Crippen molar-refractivity contribution >= 4 is 17.7 Å². The maximum Gasteiger partial charge on any atom is 0.286 e. The molecule has 2 aromatic rings. The number of hydrogen-bond donors (Lipinski definition) is 4. The van der Waals surface area contributed by atoms with Crippen molar-refractivity contribution in [1.29, 1.82) is 0 Å². The molecule has 23 heavy (non-hydrogen) atoms. The van der Waals surface area contributed by atoms with Crippen molar-refractivity contribution in [1.82, 2.24) is 15.3 Å². The van der Waals surface area contributed by atoms with Gasteiger partial charge in [0.2, 0.25) is 5.95 Å². The van der Waals surface area contributed by atoms with Gasteiger partial charge in [0.1, 0.15) is 11.6 Å². The average molecular weight is 317 g/mol. The predicted octanol–water partition coefficient (Wildman–Crippen LogP) is 0.862. The van der Waals surface area contributed by atoms with E-state index in [1.165, 1.54) is 0 Å². The molecule has 2 heterocycles. The topological polar surface area (TPSA) is 126 Å². The molecule has 1 saturated carbocycles. The number of aromatic nitrogens is 2. The molecular formula is C15H19N5O3. The van der Waals surface area contributed by atoms with Crippen LogP contribution < -0.4 is 16.4 Å². The zero-order valence-corrected chi connectivity index (χ0v) is 12.7. The van der Waals surface area contributed by atoms with Gasteiger partial charge in [-0.15, -0.1) is 0 Å². The summed E-state index contributed by atoms with van der Waals surface area (Å²) in [6.07, 6.45) is 1.14. The maximum absolute atomic E-state index is 11.4. The Bertz CT molecular complexity index is 709. The summed E-state index contributed by atoms with van der Waals surface area (Å²) < 4.78 is 5.43. The number of nitrogens with one attached hydrogen (secondary N) is 2. The second-order valence-corrected chi connectivity index (χ2v) is 5.56. The number of nitrogens with zero attached hydrogens (tertiary/aromatic N) is 2. The third-order valence-electron chi connectivity index (χ3n) is 3.85. The zero-order chi connectivity index (χ0) is 16.4. The lowest BCUT2D eigenvalue weighted by Gasteiger charge is -2.30. The summed E-state index contributed by atoms with van der Waals surface area (Å²) in [6.45, 7) is 0.375. The molecule has 0 saturated heterocycles. The lowest BCUT2D eigenvalue weighted by atomic mass is 9.80. The Morgan fingerprint density at radius 3 is 2.91 bits per heavy atom. The van der Waals surface area contributed by atoms with Crippen molar-refractivity contribution in [3.8, 4) is 0 Å². The molecule has 2 aromatic heterocycles. The Morgan fingerprint density at radius 2 is 2.22 bits per heavy atom. The van der Waals surface area contributed by atoms with Crippen molar-refractivity contribution in [3.63, 3.8) is 0 Å². The van der Waals surface area contributed by atoms with Crippen LogP contribution in [0.5, 0.6) is 0 Å². The normalized spacial score (nSPS) is 19.9. The molecule has 0 unspecified atom stereocenters. The Kier molecular flexibility index (Phi) is 4.16. The van der Waals surface area contributed by atoms with E-state index in [0.717, 1.165) is 5.69 Å². The number of rotatable bonds is 5. The number of carbonyl (C=O) groups excluding carboxylic acids is 1. The molecule has 122 valence electrons. The molecule has 0 atom stereocenters. The molecule has 0 aliphatic heterocycles. The summed E-state index contributed by atoms with van der Waals surface area (Å²) in [7, 11) is 1.55. The van der Waals surface area contributed by atoms with Crippen LogP contribution in [0.25, 0.3) is 0 Å². The Labute approximate surface area is 133 Å². The monoisotopic (exact) mass is 317 g/mol. The van der Waals surface area contributed by atoms with Crippen LogP contribution in [0.4, 0.5) is 11.8 Å². The molecule has 0 radical (unpaired) electrons. The minimum atomic E-state index is -0.270. The number of aliphatic hydroxyl groups is 1. The van der Waals surface area contributed by atoms with E-state index in [9.17, 15) is 9.90 Å². The number of nitrogens with two attached hydrogens (primary N) is 1. The molecule has 8 nitrogen and oxygen atoms in total. The highest BCUT2D eigenvalue weighted by molar-refractivity contribution is 5.91. The van der Waals surface area contributed by atoms with Crippen LogP contribution in [-0.2, 0) is 6.54 Å². The SMILES string of the molecule is CNC(=O)c1ccc(CNc2cc(C3CC(O)C3)nc(N)n2)o1. The molecule has 1 fully saturated rings. The molecule has 0 aromatic carbocycles. The second-order valence-electron chi connectivity index (χ2n) is 5.56. The molecule has 8 heteroatoms. The lowest BCUT2D eigenvalue weighted by molar-refractivity contribution is 0.0732. The van der Waals surface area contributed by atoms with Crippen LogP contribution in [0.1, 0.15) is 40.8 Å². The van der Waals surface area contributed by atoms with E-state index in [2.05, 4.69) is 20.6 Å². The first-order valence-corrected chi connectivity index (χ1v) is 7.42. The van der Waals surface area contributed by atoms with Gasteiger partial charge in [-0.1, -0.05) is 0 Å². The van der Waals surface area contributed by atoms with Crippen LogP contribution >= 0.6 is 0 Å². The largest absolute Gasteiger partial charge is 0.454 e. The van der Waals surface area contributed by atoms with Crippen molar-refractivity contribution in [2.24, 2.45) is 0 Å². The van der Waals surface area contributed by atoms with Gasteiger partial charge in [-0.3, -0.25) is 4.79 Å². The first-order chi connectivity index (χ1) is 11.0. The summed E-state index contributed by atoms with van der Waals surface area (Å²) in [5.41, 5.74) is 6.57. The van der Waals surface area contributed by atoms with Crippen molar-refractivity contribution < 1.29 is 14.3 Å². The summed E-state index contributed by atoms with van der Waals surface area (Å²) in [5, 5.41) is 15.0. The number of amides is 1. The number of anilines is 2. The van der Waals surface area contributed by atoms with E-state index < -0.39 is 0 Å². The van der Waals surface area contributed by atoms with E-state index in [-0.39, 0.29) is 29.6 Å².